The highest BCUT2D eigenvalue weighted by Crippen LogP contribution is 2.33. The molecular formula is C21H22N2O4S. The van der Waals surface area contributed by atoms with E-state index in [0.29, 0.717) is 17.2 Å². The first-order valence-corrected chi connectivity index (χ1v) is 9.64. The lowest BCUT2D eigenvalue weighted by Crippen LogP contribution is -2.32. The van der Waals surface area contributed by atoms with Gasteiger partial charge in [-0.05, 0) is 23.8 Å². The van der Waals surface area contributed by atoms with Gasteiger partial charge in [0.15, 0.2) is 11.5 Å². The Bertz CT molecular complexity index is 927. The van der Waals surface area contributed by atoms with E-state index in [4.69, 9.17) is 9.47 Å². The minimum Gasteiger partial charge on any atom is -0.493 e. The first-order valence-electron chi connectivity index (χ1n) is 8.76. The molecule has 6 nitrogen and oxygen atoms in total. The smallest absolute Gasteiger partial charge is 0.226 e. The second kappa shape index (κ2) is 9.34. The van der Waals surface area contributed by atoms with Crippen LogP contribution >= 0.6 is 11.3 Å². The number of nitrogens with zero attached hydrogens (tertiary/aromatic N) is 1. The Morgan fingerprint density at radius 1 is 1.14 bits per heavy atom. The molecule has 1 atom stereocenters. The van der Waals surface area contributed by atoms with E-state index < -0.39 is 6.04 Å². The van der Waals surface area contributed by atoms with Crippen LogP contribution in [0.25, 0.3) is 10.6 Å². The predicted molar refractivity (Wildman–Crippen MR) is 109 cm³/mol. The molecule has 1 heterocycles. The van der Waals surface area contributed by atoms with Gasteiger partial charge in [0, 0.05) is 10.9 Å². The average Bonchev–Trinajstić information content (AvgIpc) is 3.20. The van der Waals surface area contributed by atoms with Crippen LogP contribution in [0.4, 0.5) is 0 Å². The topological polar surface area (TPSA) is 80.7 Å². The predicted octanol–water partition coefficient (Wildman–Crippen LogP) is 3.22. The number of methoxy groups -OCH3 is 2. The van der Waals surface area contributed by atoms with Crippen LogP contribution in [0.1, 0.15) is 17.3 Å². The zero-order valence-corrected chi connectivity index (χ0v) is 16.5. The number of amides is 1. The number of ether oxygens (including phenoxy) is 2. The monoisotopic (exact) mass is 398 g/mol. The number of hydrogen-bond acceptors (Lipinski definition) is 6. The zero-order chi connectivity index (χ0) is 19.9. The molecule has 3 aromatic rings. The maximum atomic E-state index is 12.4. The quantitative estimate of drug-likeness (QED) is 0.609. The van der Waals surface area contributed by atoms with Crippen molar-refractivity contribution in [1.29, 1.82) is 0 Å². The highest BCUT2D eigenvalue weighted by molar-refractivity contribution is 7.13. The van der Waals surface area contributed by atoms with E-state index in [2.05, 4.69) is 10.3 Å². The Hall–Kier alpha value is -2.90. The van der Waals surface area contributed by atoms with Crippen molar-refractivity contribution < 1.29 is 19.4 Å². The number of hydrogen-bond donors (Lipinski definition) is 2. The van der Waals surface area contributed by atoms with Gasteiger partial charge in [-0.15, -0.1) is 11.3 Å². The summed E-state index contributed by atoms with van der Waals surface area (Å²) >= 11 is 1.46. The third-order valence-corrected chi connectivity index (χ3v) is 5.18. The van der Waals surface area contributed by atoms with E-state index >= 15 is 0 Å². The molecule has 1 aromatic heterocycles. The van der Waals surface area contributed by atoms with Crippen LogP contribution in [0.15, 0.2) is 53.9 Å². The molecule has 0 aliphatic heterocycles. The van der Waals surface area contributed by atoms with E-state index in [1.807, 2.05) is 53.9 Å². The maximum absolute atomic E-state index is 12.4. The summed E-state index contributed by atoms with van der Waals surface area (Å²) in [5, 5.41) is 15.1. The summed E-state index contributed by atoms with van der Waals surface area (Å²) in [6, 6.07) is 14.6. The molecule has 0 bridgehead atoms. The summed E-state index contributed by atoms with van der Waals surface area (Å²) in [4.78, 5) is 16.9. The number of aliphatic hydroxyl groups is 1. The van der Waals surface area contributed by atoms with Gasteiger partial charge in [0.1, 0.15) is 5.01 Å². The highest BCUT2D eigenvalue weighted by atomic mass is 32.1. The standard InChI is InChI=1S/C21H22N2O4S/c1-26-18-9-8-15(10-19(18)27-2)21-22-16(13-28-21)11-20(25)23-17(12-24)14-6-4-3-5-7-14/h3-10,13,17,24H,11-12H2,1-2H3,(H,23,25). The summed E-state index contributed by atoms with van der Waals surface area (Å²) in [6.45, 7) is -0.163. The molecule has 146 valence electrons. The van der Waals surface area contributed by atoms with E-state index in [0.717, 1.165) is 16.1 Å². The van der Waals surface area contributed by atoms with Gasteiger partial charge in [-0.25, -0.2) is 4.98 Å². The fourth-order valence-corrected chi connectivity index (χ4v) is 3.64. The summed E-state index contributed by atoms with van der Waals surface area (Å²) in [5.41, 5.74) is 2.44. The number of carbonyl (C=O) groups is 1. The second-order valence-electron chi connectivity index (χ2n) is 6.10. The second-order valence-corrected chi connectivity index (χ2v) is 6.96. The molecule has 28 heavy (non-hydrogen) atoms. The summed E-state index contributed by atoms with van der Waals surface area (Å²) in [6.07, 6.45) is 0.146. The lowest BCUT2D eigenvalue weighted by Gasteiger charge is -2.16. The SMILES string of the molecule is COc1ccc(-c2nc(CC(=O)NC(CO)c3ccccc3)cs2)cc1OC. The molecule has 0 saturated carbocycles. The van der Waals surface area contributed by atoms with E-state index in [9.17, 15) is 9.90 Å². The first kappa shape index (κ1) is 19.9. The highest BCUT2D eigenvalue weighted by Gasteiger charge is 2.16. The molecule has 2 N–H and O–H groups in total. The molecule has 1 amide bonds. The molecule has 0 radical (unpaired) electrons. The molecule has 0 saturated heterocycles. The Morgan fingerprint density at radius 2 is 1.89 bits per heavy atom. The van der Waals surface area contributed by atoms with Gasteiger partial charge >= 0.3 is 0 Å². The maximum Gasteiger partial charge on any atom is 0.226 e. The third kappa shape index (κ3) is 4.68. The Balaban J connectivity index is 1.68. The van der Waals surface area contributed by atoms with Crippen LogP contribution in [0.3, 0.4) is 0 Å². The van der Waals surface area contributed by atoms with Crippen LogP contribution in [-0.4, -0.2) is 36.8 Å². The number of nitrogens with one attached hydrogen (secondary N) is 1. The summed E-state index contributed by atoms with van der Waals surface area (Å²) in [7, 11) is 3.18. The van der Waals surface area contributed by atoms with E-state index in [1.54, 1.807) is 14.2 Å². The van der Waals surface area contributed by atoms with Crippen molar-refractivity contribution in [2.75, 3.05) is 20.8 Å². The van der Waals surface area contributed by atoms with Crippen molar-refractivity contribution in [3.05, 3.63) is 65.2 Å². The minimum atomic E-state index is -0.433. The first-order chi connectivity index (χ1) is 13.6. The average molecular weight is 398 g/mol. The third-order valence-electron chi connectivity index (χ3n) is 4.24. The van der Waals surface area contributed by atoms with Crippen LogP contribution in [0, 0.1) is 0 Å². The van der Waals surface area contributed by atoms with E-state index in [-0.39, 0.29) is 18.9 Å². The normalized spacial score (nSPS) is 11.7. The number of aromatic nitrogens is 1. The van der Waals surface area contributed by atoms with Crippen molar-refractivity contribution in [3.63, 3.8) is 0 Å². The number of rotatable bonds is 8. The lowest BCUT2D eigenvalue weighted by atomic mass is 10.1. The van der Waals surface area contributed by atoms with Crippen LogP contribution in [0.5, 0.6) is 11.5 Å². The van der Waals surface area contributed by atoms with Crippen LogP contribution in [0.2, 0.25) is 0 Å². The molecule has 0 fully saturated rings. The summed E-state index contributed by atoms with van der Waals surface area (Å²) in [5.74, 6) is 1.09. The van der Waals surface area contributed by atoms with Gasteiger partial charge in [-0.1, -0.05) is 30.3 Å². The van der Waals surface area contributed by atoms with E-state index in [1.165, 1.54) is 11.3 Å². The Kier molecular flexibility index (Phi) is 6.62. The number of aliphatic hydroxyl groups excluding tert-OH is 1. The molecular weight excluding hydrogens is 376 g/mol. The fourth-order valence-electron chi connectivity index (χ4n) is 2.82. The van der Waals surface area contributed by atoms with Gasteiger partial charge in [0.05, 0.1) is 39.0 Å². The van der Waals surface area contributed by atoms with Crippen LogP contribution in [-0.2, 0) is 11.2 Å². The van der Waals surface area contributed by atoms with Gasteiger partial charge in [-0.3, -0.25) is 4.79 Å². The molecule has 3 rings (SSSR count). The van der Waals surface area contributed by atoms with Gasteiger partial charge in [0.25, 0.3) is 0 Å². The molecule has 1 unspecified atom stereocenters. The fraction of sp³-hybridized carbons (Fsp3) is 0.238. The largest absolute Gasteiger partial charge is 0.493 e. The van der Waals surface area contributed by atoms with Crippen molar-refractivity contribution in [3.8, 4) is 22.1 Å². The van der Waals surface area contributed by atoms with Crippen molar-refractivity contribution in [2.45, 2.75) is 12.5 Å². The number of benzene rings is 2. The molecule has 7 heteroatoms. The number of carbonyl (C=O) groups excluding carboxylic acids is 1. The Morgan fingerprint density at radius 3 is 2.57 bits per heavy atom. The zero-order valence-electron chi connectivity index (χ0n) is 15.7. The number of thiazole rings is 1. The van der Waals surface area contributed by atoms with Crippen molar-refractivity contribution in [2.24, 2.45) is 0 Å². The lowest BCUT2D eigenvalue weighted by molar-refractivity contribution is -0.121. The Labute approximate surface area is 167 Å². The molecule has 2 aromatic carbocycles. The minimum absolute atomic E-state index is 0.146. The van der Waals surface area contributed by atoms with Gasteiger partial charge in [-0.2, -0.15) is 0 Å². The van der Waals surface area contributed by atoms with Crippen molar-refractivity contribution >= 4 is 17.2 Å². The van der Waals surface area contributed by atoms with Gasteiger partial charge in [0.2, 0.25) is 5.91 Å². The van der Waals surface area contributed by atoms with Gasteiger partial charge < -0.3 is 19.9 Å². The van der Waals surface area contributed by atoms with Crippen LogP contribution < -0.4 is 14.8 Å². The van der Waals surface area contributed by atoms with Crippen molar-refractivity contribution in [1.82, 2.24) is 10.3 Å². The molecule has 0 spiro atoms. The molecule has 0 aliphatic rings. The summed E-state index contributed by atoms with van der Waals surface area (Å²) < 4.78 is 10.6. The molecule has 0 aliphatic carbocycles.